The fourth-order valence-corrected chi connectivity index (χ4v) is 5.08. The van der Waals surface area contributed by atoms with Crippen LogP contribution in [0.3, 0.4) is 0 Å². The number of para-hydroxylation sites is 2. The topological polar surface area (TPSA) is 211 Å². The van der Waals surface area contributed by atoms with Crippen molar-refractivity contribution in [1.82, 2.24) is 15.4 Å². The Bertz CT molecular complexity index is 1240. The highest BCUT2D eigenvalue weighted by Gasteiger charge is 2.08. The summed E-state index contributed by atoms with van der Waals surface area (Å²) in [6.45, 7) is 5.83. The van der Waals surface area contributed by atoms with Gasteiger partial charge in [-0.25, -0.2) is 5.84 Å². The van der Waals surface area contributed by atoms with Crippen LogP contribution in [-0.2, 0) is 14.3 Å². The van der Waals surface area contributed by atoms with Gasteiger partial charge in [0, 0.05) is 38.6 Å². The number of ether oxygens (including phenoxy) is 1. The minimum Gasteiger partial charge on any atom is -0.468 e. The van der Waals surface area contributed by atoms with Crippen LogP contribution in [-0.4, -0.2) is 57.6 Å². The standard InChI is InChI=1S/C13H13NO2S.C12H13N3OS.C2H6O.H4N2.H2O/c1-9-7-12(17-8-13(15)16-2)10-5-3-4-6-11(10)14-9;1-8-6-11(17-7-12(16)15-13)9-4-2-3-5-10(9)14-8;1-2-3;1-2;/h3-7H,8H2,1-2H3;2-6H,7,13H2,1H3,(H,15,16);3H,2H2,1H3;1-2H2;1H2. The Labute approximate surface area is 242 Å². The van der Waals surface area contributed by atoms with Gasteiger partial charge in [-0.05, 0) is 45.0 Å². The van der Waals surface area contributed by atoms with Crippen molar-refractivity contribution in [3.8, 4) is 0 Å². The van der Waals surface area contributed by atoms with Crippen molar-refractivity contribution in [3.05, 3.63) is 72.1 Å². The van der Waals surface area contributed by atoms with E-state index in [0.29, 0.717) is 11.5 Å². The molecule has 0 unspecified atom stereocenters. The molecule has 0 spiro atoms. The zero-order chi connectivity index (χ0) is 29.2. The maximum Gasteiger partial charge on any atom is 0.315 e. The Morgan fingerprint density at radius 1 is 0.875 bits per heavy atom. The highest BCUT2D eigenvalue weighted by atomic mass is 32.2. The second kappa shape index (κ2) is 20.6. The van der Waals surface area contributed by atoms with E-state index in [1.165, 1.54) is 30.6 Å². The fraction of sp³-hybridized carbons (Fsp3) is 0.259. The van der Waals surface area contributed by atoms with Crippen LogP contribution < -0.4 is 23.0 Å². The average Bonchev–Trinajstić information content (AvgIpc) is 2.95. The molecule has 4 rings (SSSR count). The molecule has 2 heterocycles. The largest absolute Gasteiger partial charge is 0.468 e. The summed E-state index contributed by atoms with van der Waals surface area (Å²) in [5, 5.41) is 9.71. The maximum absolute atomic E-state index is 11.1. The van der Waals surface area contributed by atoms with E-state index in [0.717, 1.165) is 43.0 Å². The van der Waals surface area contributed by atoms with Gasteiger partial charge in [0.25, 0.3) is 0 Å². The molecule has 0 saturated carbocycles. The predicted octanol–water partition coefficient (Wildman–Crippen LogP) is 2.43. The Hall–Kier alpha value is -3.30. The third-order valence-electron chi connectivity index (χ3n) is 4.71. The van der Waals surface area contributed by atoms with Gasteiger partial charge in [-0.3, -0.25) is 36.7 Å². The number of hydrogen-bond donors (Lipinski definition) is 5. The number of aryl methyl sites for hydroxylation is 2. The number of nitrogens with one attached hydrogen (secondary N) is 1. The van der Waals surface area contributed by atoms with Gasteiger partial charge in [0.05, 0.1) is 29.6 Å². The second-order valence-electron chi connectivity index (χ2n) is 7.60. The number of aromatic nitrogens is 2. The van der Waals surface area contributed by atoms with Gasteiger partial charge < -0.3 is 15.3 Å². The van der Waals surface area contributed by atoms with E-state index >= 15 is 0 Å². The Kier molecular flexibility index (Phi) is 18.9. The maximum atomic E-state index is 11.1. The van der Waals surface area contributed by atoms with E-state index in [1.807, 2.05) is 74.5 Å². The van der Waals surface area contributed by atoms with Gasteiger partial charge in [0.15, 0.2) is 0 Å². The number of carbonyl (C=O) groups excluding carboxylic acids is 2. The van der Waals surface area contributed by atoms with Crippen LogP contribution in [0.25, 0.3) is 21.8 Å². The number of nitrogens with zero attached hydrogens (tertiary/aromatic N) is 2. The molecule has 2 aromatic heterocycles. The molecule has 0 fully saturated rings. The van der Waals surface area contributed by atoms with Gasteiger partial charge in [-0.15, -0.1) is 23.5 Å². The molecule has 0 bridgehead atoms. The normalized spacial score (nSPS) is 9.50. The van der Waals surface area contributed by atoms with Crippen molar-refractivity contribution in [2.45, 2.75) is 30.6 Å². The molecule has 0 radical (unpaired) electrons. The number of hydrazine groups is 2. The number of thioether (sulfide) groups is 2. The van der Waals surface area contributed by atoms with Crippen LogP contribution in [0.1, 0.15) is 18.3 Å². The van der Waals surface area contributed by atoms with Crippen molar-refractivity contribution >= 4 is 57.2 Å². The highest BCUT2D eigenvalue weighted by Crippen LogP contribution is 2.28. The molecule has 0 aliphatic rings. The van der Waals surface area contributed by atoms with Crippen molar-refractivity contribution in [2.75, 3.05) is 25.2 Å². The van der Waals surface area contributed by atoms with Gasteiger partial charge in [0.2, 0.25) is 5.91 Å². The van der Waals surface area contributed by atoms with E-state index in [1.54, 1.807) is 6.92 Å². The number of amides is 1. The first-order chi connectivity index (χ1) is 18.8. The molecule has 0 aliphatic heterocycles. The lowest BCUT2D eigenvalue weighted by Gasteiger charge is -2.06. The molecule has 218 valence electrons. The summed E-state index contributed by atoms with van der Waals surface area (Å²) >= 11 is 2.95. The lowest BCUT2D eigenvalue weighted by molar-refractivity contribution is -0.137. The number of nitrogens with two attached hydrogens (primary N) is 3. The molecule has 1 amide bonds. The van der Waals surface area contributed by atoms with Crippen LogP contribution in [0.2, 0.25) is 0 Å². The Morgan fingerprint density at radius 3 is 1.68 bits per heavy atom. The van der Waals surface area contributed by atoms with Gasteiger partial charge in [-0.2, -0.15) is 0 Å². The smallest absolute Gasteiger partial charge is 0.315 e. The average molecular weight is 591 g/mol. The van der Waals surface area contributed by atoms with Crippen LogP contribution in [0, 0.1) is 13.8 Å². The minimum absolute atomic E-state index is 0. The number of aliphatic hydroxyl groups is 1. The first-order valence-corrected chi connectivity index (χ1v) is 13.8. The molecule has 0 atom stereocenters. The zero-order valence-corrected chi connectivity index (χ0v) is 24.6. The molecule has 2 aromatic carbocycles. The van der Waals surface area contributed by atoms with E-state index in [4.69, 9.17) is 10.9 Å². The Balaban J connectivity index is 0.000000642. The van der Waals surface area contributed by atoms with Crippen LogP contribution >= 0.6 is 23.5 Å². The van der Waals surface area contributed by atoms with Gasteiger partial charge >= 0.3 is 5.97 Å². The SMILES string of the molecule is CCO.COC(=O)CSc1cc(C)nc2ccccc12.Cc1cc(SCC(=O)NN)c2ccccc2n1.NN.O. The molecule has 10 N–H and O–H groups in total. The fourth-order valence-electron chi connectivity index (χ4n) is 3.16. The molecule has 0 aliphatic carbocycles. The summed E-state index contributed by atoms with van der Waals surface area (Å²) in [6.07, 6.45) is 0. The number of methoxy groups -OCH3 is 1. The minimum atomic E-state index is -0.214. The lowest BCUT2D eigenvalue weighted by atomic mass is 10.2. The van der Waals surface area contributed by atoms with E-state index in [2.05, 4.69) is 31.8 Å². The summed E-state index contributed by atoms with van der Waals surface area (Å²) in [6, 6.07) is 19.8. The lowest BCUT2D eigenvalue weighted by Crippen LogP contribution is -2.31. The second-order valence-corrected chi connectivity index (χ2v) is 9.63. The van der Waals surface area contributed by atoms with E-state index in [9.17, 15) is 9.59 Å². The third-order valence-corrected chi connectivity index (χ3v) is 6.79. The molecular weight excluding hydrogens is 552 g/mol. The van der Waals surface area contributed by atoms with E-state index < -0.39 is 0 Å². The van der Waals surface area contributed by atoms with Gasteiger partial charge in [0.1, 0.15) is 0 Å². The number of pyridine rings is 2. The summed E-state index contributed by atoms with van der Waals surface area (Å²) < 4.78 is 4.64. The van der Waals surface area contributed by atoms with Crippen molar-refractivity contribution in [2.24, 2.45) is 17.5 Å². The first kappa shape index (κ1) is 36.7. The first-order valence-electron chi connectivity index (χ1n) is 11.8. The number of benzene rings is 2. The van der Waals surface area contributed by atoms with Crippen molar-refractivity contribution in [3.63, 3.8) is 0 Å². The monoisotopic (exact) mass is 590 g/mol. The number of rotatable bonds is 6. The predicted molar refractivity (Wildman–Crippen MR) is 164 cm³/mol. The molecule has 13 heteroatoms. The number of hydrogen-bond acceptors (Lipinski definition) is 11. The number of aliphatic hydroxyl groups excluding tert-OH is 1. The van der Waals surface area contributed by atoms with Crippen molar-refractivity contribution in [1.29, 1.82) is 0 Å². The number of fused-ring (bicyclic) bond motifs is 2. The molecule has 11 nitrogen and oxygen atoms in total. The van der Waals surface area contributed by atoms with Crippen LogP contribution in [0.5, 0.6) is 0 Å². The number of esters is 1. The Morgan fingerprint density at radius 2 is 1.27 bits per heavy atom. The third kappa shape index (κ3) is 12.3. The van der Waals surface area contributed by atoms with Crippen molar-refractivity contribution < 1.29 is 24.9 Å². The quantitative estimate of drug-likeness (QED) is 0.0723. The summed E-state index contributed by atoms with van der Waals surface area (Å²) in [4.78, 5) is 33.3. The molecule has 0 saturated heterocycles. The zero-order valence-electron chi connectivity index (χ0n) is 23.0. The van der Waals surface area contributed by atoms with Gasteiger partial charge in [-0.1, -0.05) is 36.4 Å². The summed E-state index contributed by atoms with van der Waals surface area (Å²) in [5.41, 5.74) is 5.93. The van der Waals surface area contributed by atoms with Crippen LogP contribution in [0.15, 0.2) is 70.5 Å². The molecular formula is C27H38N6O5S2. The summed E-state index contributed by atoms with van der Waals surface area (Å²) in [7, 11) is 1.40. The summed E-state index contributed by atoms with van der Waals surface area (Å²) in [5.74, 6) is 13.3. The van der Waals surface area contributed by atoms with Crippen LogP contribution in [0.4, 0.5) is 0 Å². The molecule has 40 heavy (non-hydrogen) atoms. The highest BCUT2D eigenvalue weighted by molar-refractivity contribution is 8.00. The number of carbonyl (C=O) groups is 2. The molecule has 4 aromatic rings. The van der Waals surface area contributed by atoms with E-state index in [-0.39, 0.29) is 24.0 Å².